The number of amides is 1. The number of fused-ring (bicyclic) bond motifs is 1. The minimum atomic E-state index is 0.129. The lowest BCUT2D eigenvalue weighted by atomic mass is 10.1. The summed E-state index contributed by atoms with van der Waals surface area (Å²) in [5, 5.41) is 0.626. The normalized spacial score (nSPS) is 25.0. The summed E-state index contributed by atoms with van der Waals surface area (Å²) in [6, 6.07) is 8.19. The van der Waals surface area contributed by atoms with E-state index in [-0.39, 0.29) is 5.91 Å². The molecule has 1 aromatic rings. The second-order valence-corrected chi connectivity index (χ2v) is 7.00. The Bertz CT molecular complexity index is 548. The second kappa shape index (κ2) is 6.57. The lowest BCUT2D eigenvalue weighted by molar-refractivity contribution is 0.0732. The van der Waals surface area contributed by atoms with Gasteiger partial charge in [-0.15, -0.1) is 0 Å². The summed E-state index contributed by atoms with van der Waals surface area (Å²) in [4.78, 5) is 19.6. The third-order valence-electron chi connectivity index (χ3n) is 4.86. The van der Waals surface area contributed by atoms with Crippen molar-refractivity contribution < 1.29 is 4.79 Å². The Hall–Kier alpha value is -1.10. The molecular formula is C17H24ClN3O. The van der Waals surface area contributed by atoms with Crippen LogP contribution in [0.1, 0.15) is 23.2 Å². The van der Waals surface area contributed by atoms with Crippen LogP contribution in [0.4, 0.5) is 0 Å². The lowest BCUT2D eigenvalue weighted by Gasteiger charge is -2.26. The van der Waals surface area contributed by atoms with Crippen molar-refractivity contribution in [1.29, 1.82) is 0 Å². The van der Waals surface area contributed by atoms with Gasteiger partial charge in [-0.05, 0) is 45.1 Å². The summed E-state index contributed by atoms with van der Waals surface area (Å²) in [5.74, 6) is 0.129. The molecule has 3 rings (SSSR count). The molecule has 1 aromatic carbocycles. The molecule has 0 aliphatic carbocycles. The fourth-order valence-corrected chi connectivity index (χ4v) is 3.91. The molecule has 5 heteroatoms. The van der Waals surface area contributed by atoms with Crippen LogP contribution in [0.3, 0.4) is 0 Å². The first-order valence-corrected chi connectivity index (χ1v) is 8.39. The van der Waals surface area contributed by atoms with Gasteiger partial charge in [-0.1, -0.05) is 17.7 Å². The van der Waals surface area contributed by atoms with E-state index in [1.54, 1.807) is 6.07 Å². The Morgan fingerprint density at radius 3 is 2.77 bits per heavy atom. The van der Waals surface area contributed by atoms with Crippen LogP contribution < -0.4 is 0 Å². The molecule has 120 valence electrons. The van der Waals surface area contributed by atoms with E-state index in [4.69, 9.17) is 11.6 Å². The van der Waals surface area contributed by atoms with Crippen LogP contribution in [0.2, 0.25) is 5.02 Å². The summed E-state index contributed by atoms with van der Waals surface area (Å²) >= 11 is 6.02. The smallest absolute Gasteiger partial charge is 0.254 e. The standard InChI is InChI=1S/C17H24ClN3O/c1-19(2)10-11-20-8-6-16-15(20)7-9-21(16)17(22)13-4-3-5-14(18)12-13/h3-5,12,15-16H,6-11H2,1-2H3. The Labute approximate surface area is 137 Å². The highest BCUT2D eigenvalue weighted by atomic mass is 35.5. The van der Waals surface area contributed by atoms with Crippen LogP contribution >= 0.6 is 11.6 Å². The van der Waals surface area contributed by atoms with Gasteiger partial charge in [-0.2, -0.15) is 0 Å². The van der Waals surface area contributed by atoms with Gasteiger partial charge in [0.25, 0.3) is 5.91 Å². The van der Waals surface area contributed by atoms with E-state index < -0.39 is 0 Å². The highest BCUT2D eigenvalue weighted by Crippen LogP contribution is 2.32. The summed E-state index contributed by atoms with van der Waals surface area (Å²) in [6.07, 6.45) is 2.18. The molecule has 0 aromatic heterocycles. The molecule has 1 amide bonds. The SMILES string of the molecule is CN(C)CCN1CCC2C1CCN2C(=O)c1cccc(Cl)c1. The number of likely N-dealkylation sites (N-methyl/N-ethyl adjacent to an activating group) is 1. The molecule has 2 aliphatic heterocycles. The largest absolute Gasteiger partial charge is 0.334 e. The number of rotatable bonds is 4. The molecular weight excluding hydrogens is 298 g/mol. The first-order valence-electron chi connectivity index (χ1n) is 8.01. The minimum Gasteiger partial charge on any atom is -0.334 e. The van der Waals surface area contributed by atoms with E-state index in [0.717, 1.165) is 39.0 Å². The zero-order valence-electron chi connectivity index (χ0n) is 13.3. The number of hydrogen-bond acceptors (Lipinski definition) is 3. The van der Waals surface area contributed by atoms with Gasteiger partial charge in [0.15, 0.2) is 0 Å². The monoisotopic (exact) mass is 321 g/mol. The summed E-state index contributed by atoms with van der Waals surface area (Å²) in [5.41, 5.74) is 0.708. The fraction of sp³-hybridized carbons (Fsp3) is 0.588. The van der Waals surface area contributed by atoms with Crippen molar-refractivity contribution in [3.8, 4) is 0 Å². The molecule has 0 N–H and O–H groups in total. The van der Waals surface area contributed by atoms with E-state index in [1.807, 2.05) is 18.2 Å². The number of carbonyl (C=O) groups is 1. The Morgan fingerprint density at radius 2 is 2.05 bits per heavy atom. The quantitative estimate of drug-likeness (QED) is 0.850. The zero-order valence-corrected chi connectivity index (χ0v) is 14.1. The maximum atomic E-state index is 12.8. The minimum absolute atomic E-state index is 0.129. The van der Waals surface area contributed by atoms with Crippen molar-refractivity contribution in [2.75, 3.05) is 40.3 Å². The molecule has 4 nitrogen and oxygen atoms in total. The molecule has 2 atom stereocenters. The second-order valence-electron chi connectivity index (χ2n) is 6.56. The number of benzene rings is 1. The van der Waals surface area contributed by atoms with E-state index >= 15 is 0 Å². The number of halogens is 1. The van der Waals surface area contributed by atoms with Crippen LogP contribution in [0.25, 0.3) is 0 Å². The van der Waals surface area contributed by atoms with Crippen LogP contribution in [0, 0.1) is 0 Å². The highest BCUT2D eigenvalue weighted by Gasteiger charge is 2.44. The van der Waals surface area contributed by atoms with Crippen molar-refractivity contribution in [3.63, 3.8) is 0 Å². The zero-order chi connectivity index (χ0) is 15.7. The first-order chi connectivity index (χ1) is 10.6. The Morgan fingerprint density at radius 1 is 1.27 bits per heavy atom. The molecule has 2 aliphatic rings. The highest BCUT2D eigenvalue weighted by molar-refractivity contribution is 6.30. The van der Waals surface area contributed by atoms with Crippen molar-refractivity contribution >= 4 is 17.5 Å². The van der Waals surface area contributed by atoms with E-state index in [0.29, 0.717) is 22.7 Å². The Balaban J connectivity index is 1.67. The van der Waals surface area contributed by atoms with Gasteiger partial charge in [-0.25, -0.2) is 0 Å². The average Bonchev–Trinajstić information content (AvgIpc) is 3.06. The van der Waals surface area contributed by atoms with Gasteiger partial charge in [0.05, 0.1) is 0 Å². The summed E-state index contributed by atoms with van der Waals surface area (Å²) < 4.78 is 0. The fourth-order valence-electron chi connectivity index (χ4n) is 3.72. The predicted molar refractivity (Wildman–Crippen MR) is 89.4 cm³/mol. The first kappa shape index (κ1) is 15.8. The Kier molecular flexibility index (Phi) is 4.71. The third-order valence-corrected chi connectivity index (χ3v) is 5.09. The van der Waals surface area contributed by atoms with Crippen LogP contribution in [-0.4, -0.2) is 73.0 Å². The van der Waals surface area contributed by atoms with Crippen LogP contribution in [0.15, 0.2) is 24.3 Å². The van der Waals surface area contributed by atoms with Crippen molar-refractivity contribution in [2.24, 2.45) is 0 Å². The molecule has 2 fully saturated rings. The average molecular weight is 322 g/mol. The number of carbonyl (C=O) groups excluding carboxylic acids is 1. The van der Waals surface area contributed by atoms with Gasteiger partial charge < -0.3 is 9.80 Å². The molecule has 2 heterocycles. The topological polar surface area (TPSA) is 26.8 Å². The maximum absolute atomic E-state index is 12.8. The van der Waals surface area contributed by atoms with Gasteiger partial charge >= 0.3 is 0 Å². The van der Waals surface area contributed by atoms with E-state index in [9.17, 15) is 4.79 Å². The predicted octanol–water partition coefficient (Wildman–Crippen LogP) is 2.19. The van der Waals surface area contributed by atoms with Crippen LogP contribution in [0.5, 0.6) is 0 Å². The van der Waals surface area contributed by atoms with Crippen molar-refractivity contribution in [2.45, 2.75) is 24.9 Å². The van der Waals surface area contributed by atoms with Gasteiger partial charge in [0.2, 0.25) is 0 Å². The molecule has 0 bridgehead atoms. The lowest BCUT2D eigenvalue weighted by Crippen LogP contribution is -2.41. The summed E-state index contributed by atoms with van der Waals surface area (Å²) in [7, 11) is 4.22. The molecule has 22 heavy (non-hydrogen) atoms. The molecule has 0 spiro atoms. The molecule has 0 radical (unpaired) electrons. The molecule has 0 saturated carbocycles. The number of hydrogen-bond donors (Lipinski definition) is 0. The third kappa shape index (κ3) is 3.14. The van der Waals surface area contributed by atoms with Crippen molar-refractivity contribution in [1.82, 2.24) is 14.7 Å². The number of likely N-dealkylation sites (tertiary alicyclic amines) is 2. The maximum Gasteiger partial charge on any atom is 0.254 e. The van der Waals surface area contributed by atoms with Crippen molar-refractivity contribution in [3.05, 3.63) is 34.9 Å². The summed E-state index contributed by atoms with van der Waals surface area (Å²) in [6.45, 7) is 4.13. The molecule has 2 saturated heterocycles. The van der Waals surface area contributed by atoms with E-state index in [2.05, 4.69) is 28.8 Å². The van der Waals surface area contributed by atoms with E-state index in [1.165, 1.54) is 0 Å². The van der Waals surface area contributed by atoms with Gasteiger partial charge in [0.1, 0.15) is 0 Å². The van der Waals surface area contributed by atoms with Gasteiger partial charge in [0, 0.05) is 48.8 Å². The molecule has 2 unspecified atom stereocenters. The van der Waals surface area contributed by atoms with Gasteiger partial charge in [-0.3, -0.25) is 9.69 Å². The van der Waals surface area contributed by atoms with Crippen LogP contribution in [-0.2, 0) is 0 Å². The number of nitrogens with zero attached hydrogens (tertiary/aromatic N) is 3.